The SMILES string of the molecule is Cc1cc2cc(C3(C#N)CCC3)cc3c2n1CCC3. The van der Waals surface area contributed by atoms with Crippen LogP contribution in [0.1, 0.15) is 42.5 Å². The number of nitriles is 1. The van der Waals surface area contributed by atoms with Crippen LogP contribution in [0, 0.1) is 18.3 Å². The van der Waals surface area contributed by atoms with Gasteiger partial charge in [0.05, 0.1) is 17.0 Å². The summed E-state index contributed by atoms with van der Waals surface area (Å²) in [5.41, 5.74) is 5.31. The monoisotopic (exact) mass is 250 g/mol. The van der Waals surface area contributed by atoms with Crippen LogP contribution >= 0.6 is 0 Å². The van der Waals surface area contributed by atoms with Crippen LogP contribution in [0.4, 0.5) is 0 Å². The van der Waals surface area contributed by atoms with Gasteiger partial charge in [0.1, 0.15) is 0 Å². The fraction of sp³-hybridized carbons (Fsp3) is 0.471. The first kappa shape index (κ1) is 11.1. The van der Waals surface area contributed by atoms with E-state index in [1.54, 1.807) is 0 Å². The maximum absolute atomic E-state index is 9.54. The molecule has 1 aromatic carbocycles. The Hall–Kier alpha value is -1.75. The van der Waals surface area contributed by atoms with Crippen LogP contribution < -0.4 is 0 Å². The largest absolute Gasteiger partial charge is 0.345 e. The second kappa shape index (κ2) is 3.63. The first-order valence-electron chi connectivity index (χ1n) is 7.28. The summed E-state index contributed by atoms with van der Waals surface area (Å²) in [4.78, 5) is 0. The molecule has 1 fully saturated rings. The van der Waals surface area contributed by atoms with Crippen LogP contribution in [0.2, 0.25) is 0 Å². The lowest BCUT2D eigenvalue weighted by Crippen LogP contribution is -2.32. The van der Waals surface area contributed by atoms with E-state index in [0.29, 0.717) is 0 Å². The minimum atomic E-state index is -0.182. The molecular formula is C17H18N2. The molecule has 1 saturated carbocycles. The van der Waals surface area contributed by atoms with E-state index in [1.807, 2.05) is 0 Å². The quantitative estimate of drug-likeness (QED) is 0.756. The highest BCUT2D eigenvalue weighted by molar-refractivity contribution is 5.86. The standard InChI is InChI=1S/C17H18N2/c1-12-8-14-10-15(17(11-18)5-3-6-17)9-13-4-2-7-19(12)16(13)14/h8-10H,2-7H2,1H3. The molecule has 0 amide bonds. The van der Waals surface area contributed by atoms with Crippen molar-refractivity contribution < 1.29 is 0 Å². The number of hydrogen-bond acceptors (Lipinski definition) is 1. The summed E-state index contributed by atoms with van der Waals surface area (Å²) in [6.45, 7) is 3.34. The highest BCUT2D eigenvalue weighted by Crippen LogP contribution is 2.45. The molecule has 2 aliphatic rings. The lowest BCUT2D eigenvalue weighted by atomic mass is 9.65. The molecule has 2 heterocycles. The van der Waals surface area contributed by atoms with Gasteiger partial charge in [0.2, 0.25) is 0 Å². The number of aromatic nitrogens is 1. The summed E-state index contributed by atoms with van der Waals surface area (Å²) in [5, 5.41) is 10.9. The molecule has 0 atom stereocenters. The summed E-state index contributed by atoms with van der Waals surface area (Å²) in [7, 11) is 0. The summed E-state index contributed by atoms with van der Waals surface area (Å²) < 4.78 is 2.44. The fourth-order valence-corrected chi connectivity index (χ4v) is 3.82. The zero-order valence-electron chi connectivity index (χ0n) is 11.4. The van der Waals surface area contributed by atoms with Crippen LogP contribution in [0.15, 0.2) is 18.2 Å². The Bertz CT molecular complexity index is 711. The van der Waals surface area contributed by atoms with Gasteiger partial charge in [-0.2, -0.15) is 5.26 Å². The van der Waals surface area contributed by atoms with Crippen molar-refractivity contribution in [2.24, 2.45) is 0 Å². The van der Waals surface area contributed by atoms with Crippen LogP contribution in [-0.4, -0.2) is 4.57 Å². The average Bonchev–Trinajstić information content (AvgIpc) is 2.68. The molecule has 0 radical (unpaired) electrons. The molecule has 1 aliphatic carbocycles. The highest BCUT2D eigenvalue weighted by Gasteiger charge is 2.39. The molecule has 0 N–H and O–H groups in total. The molecule has 96 valence electrons. The maximum atomic E-state index is 9.54. The van der Waals surface area contributed by atoms with Crippen LogP contribution in [0.3, 0.4) is 0 Å². The molecule has 1 aromatic heterocycles. The molecule has 0 saturated heterocycles. The Kier molecular flexibility index (Phi) is 2.12. The van der Waals surface area contributed by atoms with Gasteiger partial charge >= 0.3 is 0 Å². The van der Waals surface area contributed by atoms with Crippen molar-refractivity contribution in [2.45, 2.75) is 51.0 Å². The first-order chi connectivity index (χ1) is 9.23. The maximum Gasteiger partial charge on any atom is 0.0822 e. The molecule has 0 unspecified atom stereocenters. The summed E-state index contributed by atoms with van der Waals surface area (Å²) in [6, 6.07) is 9.46. The van der Waals surface area contributed by atoms with E-state index >= 15 is 0 Å². The second-order valence-corrected chi connectivity index (χ2v) is 6.16. The van der Waals surface area contributed by atoms with Crippen LogP contribution in [0.5, 0.6) is 0 Å². The van der Waals surface area contributed by atoms with Crippen LogP contribution in [-0.2, 0) is 18.4 Å². The van der Waals surface area contributed by atoms with Crippen molar-refractivity contribution in [3.05, 3.63) is 35.0 Å². The van der Waals surface area contributed by atoms with Gasteiger partial charge in [0, 0.05) is 17.6 Å². The highest BCUT2D eigenvalue weighted by atomic mass is 15.0. The lowest BCUT2D eigenvalue weighted by molar-refractivity contribution is 0.324. The lowest BCUT2D eigenvalue weighted by Gasteiger charge is -2.36. The molecule has 1 aliphatic heterocycles. The zero-order valence-corrected chi connectivity index (χ0v) is 11.4. The number of benzene rings is 1. The third kappa shape index (κ3) is 1.36. The van der Waals surface area contributed by atoms with E-state index in [4.69, 9.17) is 0 Å². The van der Waals surface area contributed by atoms with Gasteiger partial charge in [-0.05, 0) is 62.3 Å². The molecule has 2 aromatic rings. The zero-order chi connectivity index (χ0) is 13.0. The Morgan fingerprint density at radius 2 is 2.05 bits per heavy atom. The Morgan fingerprint density at radius 1 is 1.21 bits per heavy atom. The van der Waals surface area contributed by atoms with Gasteiger partial charge in [-0.25, -0.2) is 0 Å². The van der Waals surface area contributed by atoms with E-state index < -0.39 is 0 Å². The topological polar surface area (TPSA) is 28.7 Å². The van der Waals surface area contributed by atoms with E-state index in [0.717, 1.165) is 25.8 Å². The van der Waals surface area contributed by atoms with E-state index in [-0.39, 0.29) is 5.41 Å². The smallest absolute Gasteiger partial charge is 0.0822 e. The van der Waals surface area contributed by atoms with Crippen molar-refractivity contribution in [3.8, 4) is 6.07 Å². The van der Waals surface area contributed by atoms with Gasteiger partial charge in [-0.3, -0.25) is 0 Å². The van der Waals surface area contributed by atoms with Crippen molar-refractivity contribution in [1.29, 1.82) is 5.26 Å². The van der Waals surface area contributed by atoms with Crippen molar-refractivity contribution in [2.75, 3.05) is 0 Å². The van der Waals surface area contributed by atoms with Gasteiger partial charge in [-0.15, -0.1) is 0 Å². The molecule has 0 spiro atoms. The molecular weight excluding hydrogens is 232 g/mol. The number of rotatable bonds is 1. The Balaban J connectivity index is 1.99. The average molecular weight is 250 g/mol. The number of hydrogen-bond donors (Lipinski definition) is 0. The summed E-state index contributed by atoms with van der Waals surface area (Å²) >= 11 is 0. The van der Waals surface area contributed by atoms with Crippen molar-refractivity contribution in [1.82, 2.24) is 4.57 Å². The first-order valence-corrected chi connectivity index (χ1v) is 7.28. The summed E-state index contributed by atoms with van der Waals surface area (Å²) in [5.74, 6) is 0. The molecule has 4 rings (SSSR count). The molecule has 2 heteroatoms. The predicted molar refractivity (Wildman–Crippen MR) is 76.1 cm³/mol. The van der Waals surface area contributed by atoms with E-state index in [9.17, 15) is 5.26 Å². The van der Waals surface area contributed by atoms with Gasteiger partial charge < -0.3 is 4.57 Å². The van der Waals surface area contributed by atoms with E-state index in [2.05, 4.69) is 35.8 Å². The van der Waals surface area contributed by atoms with Gasteiger partial charge in [-0.1, -0.05) is 6.07 Å². The third-order valence-electron chi connectivity index (χ3n) is 5.08. The number of aryl methyl sites for hydroxylation is 3. The number of nitrogens with zero attached hydrogens (tertiary/aromatic N) is 2. The van der Waals surface area contributed by atoms with Gasteiger partial charge in [0.25, 0.3) is 0 Å². The normalized spacial score (nSPS) is 20.0. The Morgan fingerprint density at radius 3 is 2.74 bits per heavy atom. The second-order valence-electron chi connectivity index (χ2n) is 6.16. The van der Waals surface area contributed by atoms with Crippen LogP contribution in [0.25, 0.3) is 10.9 Å². The molecule has 19 heavy (non-hydrogen) atoms. The Labute approximate surface area is 113 Å². The third-order valence-corrected chi connectivity index (χ3v) is 5.08. The fourth-order valence-electron chi connectivity index (χ4n) is 3.82. The predicted octanol–water partition coefficient (Wildman–Crippen LogP) is 3.84. The minimum absolute atomic E-state index is 0.182. The summed E-state index contributed by atoms with van der Waals surface area (Å²) in [6.07, 6.45) is 5.65. The molecule has 0 bridgehead atoms. The van der Waals surface area contributed by atoms with Crippen molar-refractivity contribution in [3.63, 3.8) is 0 Å². The minimum Gasteiger partial charge on any atom is -0.345 e. The van der Waals surface area contributed by atoms with E-state index in [1.165, 1.54) is 40.6 Å². The van der Waals surface area contributed by atoms with Crippen molar-refractivity contribution >= 4 is 10.9 Å². The molecule has 2 nitrogen and oxygen atoms in total. The van der Waals surface area contributed by atoms with Gasteiger partial charge in [0.15, 0.2) is 0 Å².